The lowest BCUT2D eigenvalue weighted by Gasteiger charge is -2.24. The zero-order valence-corrected chi connectivity index (χ0v) is 12.1. The Morgan fingerprint density at radius 1 is 1.53 bits per heavy atom. The van der Waals surface area contributed by atoms with Crippen molar-refractivity contribution in [2.75, 3.05) is 14.2 Å². The minimum absolute atomic E-state index is 0.107. The topological polar surface area (TPSA) is 71.1 Å². The molecule has 106 valence electrons. The normalized spacial score (nSPS) is 13.6. The van der Waals surface area contributed by atoms with Crippen LogP contribution in [0.5, 0.6) is 5.75 Å². The van der Waals surface area contributed by atoms with E-state index in [1.807, 2.05) is 12.1 Å². The molecule has 3 N–H and O–H groups in total. The Hall–Kier alpha value is -1.75. The molecule has 0 spiro atoms. The van der Waals surface area contributed by atoms with Crippen LogP contribution in [0.25, 0.3) is 0 Å². The van der Waals surface area contributed by atoms with Crippen molar-refractivity contribution in [1.82, 2.24) is 4.90 Å². The lowest BCUT2D eigenvalue weighted by molar-refractivity contribution is 0.240. The van der Waals surface area contributed by atoms with Crippen LogP contribution < -0.4 is 10.5 Å². The number of ether oxygens (including phenoxy) is 1. The largest absolute Gasteiger partial charge is 0.496 e. The summed E-state index contributed by atoms with van der Waals surface area (Å²) in [6, 6.07) is 6.00. The maximum Gasteiger partial charge on any atom is 0.170 e. The van der Waals surface area contributed by atoms with E-state index in [1.54, 1.807) is 13.2 Å². The molecule has 1 rings (SSSR count). The van der Waals surface area contributed by atoms with E-state index in [4.69, 9.17) is 15.7 Å². The van der Waals surface area contributed by atoms with Crippen molar-refractivity contribution >= 4 is 5.84 Å². The van der Waals surface area contributed by atoms with Crippen molar-refractivity contribution < 1.29 is 9.94 Å². The summed E-state index contributed by atoms with van der Waals surface area (Å²) in [6.07, 6.45) is 1.08. The van der Waals surface area contributed by atoms with Crippen LogP contribution in [-0.2, 0) is 6.54 Å². The number of rotatable bonds is 6. The van der Waals surface area contributed by atoms with E-state index in [0.717, 1.165) is 24.3 Å². The summed E-state index contributed by atoms with van der Waals surface area (Å²) in [6.45, 7) is 5.09. The molecule has 5 nitrogen and oxygen atoms in total. The quantitative estimate of drug-likeness (QED) is 0.357. The van der Waals surface area contributed by atoms with Gasteiger partial charge in [-0.25, -0.2) is 0 Å². The Balaban J connectivity index is 3.02. The molecule has 1 unspecified atom stereocenters. The minimum atomic E-state index is 0.107. The molecule has 0 aliphatic carbocycles. The Bertz CT molecular complexity index is 446. The van der Waals surface area contributed by atoms with E-state index < -0.39 is 0 Å². The Labute approximate surface area is 114 Å². The summed E-state index contributed by atoms with van der Waals surface area (Å²) in [5.74, 6) is 0.916. The second-order valence-corrected chi connectivity index (χ2v) is 4.68. The molecule has 1 aromatic rings. The fraction of sp³-hybridized carbons (Fsp3) is 0.500. The summed E-state index contributed by atoms with van der Waals surface area (Å²) in [4.78, 5) is 2.24. The van der Waals surface area contributed by atoms with Gasteiger partial charge in [-0.1, -0.05) is 12.1 Å². The van der Waals surface area contributed by atoms with Crippen LogP contribution >= 0.6 is 0 Å². The molecule has 0 saturated carbocycles. The lowest BCUT2D eigenvalue weighted by atomic mass is 10.1. The van der Waals surface area contributed by atoms with Gasteiger partial charge >= 0.3 is 0 Å². The fourth-order valence-corrected chi connectivity index (χ4v) is 1.86. The molecule has 5 heteroatoms. The van der Waals surface area contributed by atoms with E-state index in [1.165, 1.54) is 0 Å². The molecule has 0 bridgehead atoms. The van der Waals surface area contributed by atoms with Gasteiger partial charge in [-0.3, -0.25) is 4.90 Å². The zero-order valence-electron chi connectivity index (χ0n) is 12.1. The van der Waals surface area contributed by atoms with Crippen LogP contribution in [0.2, 0.25) is 0 Å². The standard InChI is InChI=1S/C14H23N3O2/c1-5-10(2)17(3)9-12-8-11(14(15)16-18)6-7-13(12)19-4/h6-8,10,18H,5,9H2,1-4H3,(H2,15,16). The zero-order chi connectivity index (χ0) is 14.4. The summed E-state index contributed by atoms with van der Waals surface area (Å²) in [5.41, 5.74) is 7.33. The molecular formula is C14H23N3O2. The first-order chi connectivity index (χ1) is 9.03. The van der Waals surface area contributed by atoms with Gasteiger partial charge in [-0.05, 0) is 38.6 Å². The molecule has 1 atom stereocenters. The van der Waals surface area contributed by atoms with Crippen molar-refractivity contribution in [2.45, 2.75) is 32.9 Å². The third-order valence-corrected chi connectivity index (χ3v) is 3.45. The summed E-state index contributed by atoms with van der Waals surface area (Å²) in [7, 11) is 3.72. The molecule has 0 aliphatic rings. The van der Waals surface area contributed by atoms with E-state index in [-0.39, 0.29) is 5.84 Å². The van der Waals surface area contributed by atoms with Crippen LogP contribution in [0, 0.1) is 0 Å². The molecule has 0 aliphatic heterocycles. The first-order valence-electron chi connectivity index (χ1n) is 6.38. The SMILES string of the molecule is CCC(C)N(C)Cc1cc(/C(N)=N/O)ccc1OC. The van der Waals surface area contributed by atoms with Crippen LogP contribution in [0.3, 0.4) is 0 Å². The Morgan fingerprint density at radius 3 is 2.74 bits per heavy atom. The highest BCUT2D eigenvalue weighted by atomic mass is 16.5. The smallest absolute Gasteiger partial charge is 0.170 e. The summed E-state index contributed by atoms with van der Waals surface area (Å²) in [5, 5.41) is 11.8. The highest BCUT2D eigenvalue weighted by Gasteiger charge is 2.12. The fourth-order valence-electron chi connectivity index (χ4n) is 1.86. The number of hydrogen-bond acceptors (Lipinski definition) is 4. The first kappa shape index (κ1) is 15.3. The van der Waals surface area contributed by atoms with E-state index in [0.29, 0.717) is 11.6 Å². The number of benzene rings is 1. The van der Waals surface area contributed by atoms with Gasteiger partial charge in [-0.2, -0.15) is 0 Å². The van der Waals surface area contributed by atoms with Gasteiger partial charge < -0.3 is 15.7 Å². The molecule has 19 heavy (non-hydrogen) atoms. The third kappa shape index (κ3) is 3.86. The number of oxime groups is 1. The summed E-state index contributed by atoms with van der Waals surface area (Å²) < 4.78 is 5.36. The Kier molecular flexibility index (Phi) is 5.63. The third-order valence-electron chi connectivity index (χ3n) is 3.45. The molecule has 1 aromatic carbocycles. The van der Waals surface area contributed by atoms with Gasteiger partial charge in [0.15, 0.2) is 5.84 Å². The van der Waals surface area contributed by atoms with E-state index >= 15 is 0 Å². The maximum absolute atomic E-state index is 8.74. The molecule has 0 heterocycles. The predicted octanol–water partition coefficient (Wildman–Crippen LogP) is 2.02. The maximum atomic E-state index is 8.74. The second kappa shape index (κ2) is 6.99. The van der Waals surface area contributed by atoms with Gasteiger partial charge in [0.1, 0.15) is 5.75 Å². The van der Waals surface area contributed by atoms with Crippen molar-refractivity contribution in [3.63, 3.8) is 0 Å². The lowest BCUT2D eigenvalue weighted by Crippen LogP contribution is -2.28. The second-order valence-electron chi connectivity index (χ2n) is 4.68. The van der Waals surface area contributed by atoms with E-state index in [9.17, 15) is 0 Å². The molecule has 0 aromatic heterocycles. The monoisotopic (exact) mass is 265 g/mol. The van der Waals surface area contributed by atoms with Gasteiger partial charge in [0.2, 0.25) is 0 Å². The number of methoxy groups -OCH3 is 1. The van der Waals surface area contributed by atoms with Crippen molar-refractivity contribution in [3.05, 3.63) is 29.3 Å². The van der Waals surface area contributed by atoms with Crippen LogP contribution in [0.1, 0.15) is 31.4 Å². The van der Waals surface area contributed by atoms with Gasteiger partial charge in [0.05, 0.1) is 7.11 Å². The molecule has 0 amide bonds. The van der Waals surface area contributed by atoms with Crippen LogP contribution in [0.4, 0.5) is 0 Å². The van der Waals surface area contributed by atoms with Gasteiger partial charge in [0, 0.05) is 23.7 Å². The Morgan fingerprint density at radius 2 is 2.21 bits per heavy atom. The first-order valence-corrected chi connectivity index (χ1v) is 6.38. The van der Waals surface area contributed by atoms with Gasteiger partial charge in [0.25, 0.3) is 0 Å². The molecule has 0 radical (unpaired) electrons. The number of hydrogen-bond donors (Lipinski definition) is 2. The number of nitrogens with zero attached hydrogens (tertiary/aromatic N) is 2. The molecular weight excluding hydrogens is 242 g/mol. The highest BCUT2D eigenvalue weighted by Crippen LogP contribution is 2.22. The minimum Gasteiger partial charge on any atom is -0.496 e. The molecule has 0 fully saturated rings. The number of nitrogens with two attached hydrogens (primary N) is 1. The number of amidine groups is 1. The predicted molar refractivity (Wildman–Crippen MR) is 76.7 cm³/mol. The highest BCUT2D eigenvalue weighted by molar-refractivity contribution is 5.97. The average Bonchev–Trinajstić information content (AvgIpc) is 2.45. The molecule has 0 saturated heterocycles. The van der Waals surface area contributed by atoms with Crippen molar-refractivity contribution in [1.29, 1.82) is 0 Å². The van der Waals surface area contributed by atoms with Crippen molar-refractivity contribution in [2.24, 2.45) is 10.9 Å². The van der Waals surface area contributed by atoms with Gasteiger partial charge in [-0.15, -0.1) is 0 Å². The average molecular weight is 265 g/mol. The van der Waals surface area contributed by atoms with Crippen molar-refractivity contribution in [3.8, 4) is 5.75 Å². The van der Waals surface area contributed by atoms with Crippen LogP contribution in [0.15, 0.2) is 23.4 Å². The summed E-state index contributed by atoms with van der Waals surface area (Å²) >= 11 is 0. The van der Waals surface area contributed by atoms with Crippen LogP contribution in [-0.4, -0.2) is 36.1 Å². The van der Waals surface area contributed by atoms with E-state index in [2.05, 4.69) is 31.0 Å².